The Labute approximate surface area is 110 Å². The first kappa shape index (κ1) is 11.8. The van der Waals surface area contributed by atoms with E-state index in [4.69, 9.17) is 11.6 Å². The van der Waals surface area contributed by atoms with Gasteiger partial charge in [0.05, 0.1) is 6.54 Å². The highest BCUT2D eigenvalue weighted by Crippen LogP contribution is 2.32. The highest BCUT2D eigenvalue weighted by molar-refractivity contribution is 9.10. The summed E-state index contributed by atoms with van der Waals surface area (Å²) >= 11 is 10.7. The fourth-order valence-electron chi connectivity index (χ4n) is 1.16. The highest BCUT2D eigenvalue weighted by Gasteiger charge is 2.04. The van der Waals surface area contributed by atoms with Crippen molar-refractivity contribution < 1.29 is 4.39 Å². The molecule has 0 atom stereocenters. The summed E-state index contributed by atoms with van der Waals surface area (Å²) in [4.78, 5) is 4.76. The van der Waals surface area contributed by atoms with Crippen LogP contribution in [0.15, 0.2) is 28.7 Å². The lowest BCUT2D eigenvalue weighted by atomic mass is 10.4. The van der Waals surface area contributed by atoms with E-state index in [0.717, 1.165) is 9.35 Å². The minimum absolute atomic E-state index is 0.490. The van der Waals surface area contributed by atoms with Gasteiger partial charge in [-0.15, -0.1) is 11.3 Å². The zero-order valence-corrected chi connectivity index (χ0v) is 11.2. The lowest BCUT2D eigenvalue weighted by Gasteiger charge is -2.02. The van der Waals surface area contributed by atoms with Crippen molar-refractivity contribution >= 4 is 44.7 Å². The Hall–Kier alpha value is -0.650. The number of pyridine rings is 1. The van der Waals surface area contributed by atoms with E-state index in [0.29, 0.717) is 16.7 Å². The molecule has 0 bridgehead atoms. The Morgan fingerprint density at radius 2 is 2.31 bits per heavy atom. The molecule has 0 aliphatic carbocycles. The third-order valence-corrected chi connectivity index (χ3v) is 4.33. The average molecular weight is 322 g/mol. The van der Waals surface area contributed by atoms with Gasteiger partial charge in [-0.1, -0.05) is 17.7 Å². The maximum Gasteiger partial charge on any atom is 0.214 e. The standard InChI is InChI=1S/C10H7BrClFN2S/c11-7-4-6(16-10(7)12)5-14-9-3-1-2-8(13)15-9/h1-4H,5H2,(H,14,15). The van der Waals surface area contributed by atoms with Crippen molar-refractivity contribution in [2.45, 2.75) is 6.54 Å². The maximum absolute atomic E-state index is 12.8. The van der Waals surface area contributed by atoms with Crippen LogP contribution in [0.4, 0.5) is 10.2 Å². The van der Waals surface area contributed by atoms with E-state index < -0.39 is 5.95 Å². The topological polar surface area (TPSA) is 24.9 Å². The Morgan fingerprint density at radius 3 is 2.94 bits per heavy atom. The zero-order valence-electron chi connectivity index (χ0n) is 8.01. The van der Waals surface area contributed by atoms with Crippen molar-refractivity contribution in [2.75, 3.05) is 5.32 Å². The van der Waals surface area contributed by atoms with Crippen molar-refractivity contribution in [3.8, 4) is 0 Å². The molecule has 2 heterocycles. The summed E-state index contributed by atoms with van der Waals surface area (Å²) < 4.78 is 14.4. The summed E-state index contributed by atoms with van der Waals surface area (Å²) in [5.74, 6) is 0.0241. The van der Waals surface area contributed by atoms with Gasteiger partial charge in [0.2, 0.25) is 5.95 Å². The smallest absolute Gasteiger partial charge is 0.214 e. The molecule has 0 radical (unpaired) electrons. The molecule has 2 aromatic rings. The minimum atomic E-state index is -0.490. The molecular formula is C10H7BrClFN2S. The lowest BCUT2D eigenvalue weighted by Crippen LogP contribution is -2.00. The molecule has 84 valence electrons. The number of anilines is 1. The van der Waals surface area contributed by atoms with Gasteiger partial charge in [-0.25, -0.2) is 4.98 Å². The Morgan fingerprint density at radius 1 is 1.50 bits per heavy atom. The number of halogens is 3. The predicted octanol–water partition coefficient (Wildman–Crippen LogP) is 4.31. The van der Waals surface area contributed by atoms with E-state index in [9.17, 15) is 4.39 Å². The normalized spacial score (nSPS) is 10.4. The average Bonchev–Trinajstić information content (AvgIpc) is 2.56. The van der Waals surface area contributed by atoms with E-state index in [1.165, 1.54) is 17.4 Å². The van der Waals surface area contributed by atoms with Crippen LogP contribution in [0.1, 0.15) is 4.88 Å². The predicted molar refractivity (Wildman–Crippen MR) is 68.6 cm³/mol. The molecule has 2 aromatic heterocycles. The van der Waals surface area contributed by atoms with Crippen molar-refractivity contribution in [3.05, 3.63) is 43.9 Å². The van der Waals surface area contributed by atoms with Crippen molar-refractivity contribution in [3.63, 3.8) is 0 Å². The summed E-state index contributed by atoms with van der Waals surface area (Å²) in [6.07, 6.45) is 0. The first-order chi connectivity index (χ1) is 7.65. The quantitative estimate of drug-likeness (QED) is 0.852. The Balaban J connectivity index is 2.02. The second-order valence-corrected chi connectivity index (χ2v) is 5.63. The van der Waals surface area contributed by atoms with Gasteiger partial charge < -0.3 is 5.32 Å². The first-order valence-electron chi connectivity index (χ1n) is 4.45. The molecule has 16 heavy (non-hydrogen) atoms. The lowest BCUT2D eigenvalue weighted by molar-refractivity contribution is 0.585. The van der Waals surface area contributed by atoms with Gasteiger partial charge in [0.15, 0.2) is 0 Å². The van der Waals surface area contributed by atoms with Crippen LogP contribution in [0.3, 0.4) is 0 Å². The van der Waals surface area contributed by atoms with Crippen molar-refractivity contribution in [1.29, 1.82) is 0 Å². The molecule has 0 aliphatic heterocycles. The molecular weight excluding hydrogens is 315 g/mol. The second-order valence-electron chi connectivity index (χ2n) is 3.03. The zero-order chi connectivity index (χ0) is 11.5. The molecule has 0 unspecified atom stereocenters. The minimum Gasteiger partial charge on any atom is -0.365 e. The van der Waals surface area contributed by atoms with Crippen LogP contribution in [-0.2, 0) is 6.54 Å². The number of nitrogens with zero attached hydrogens (tertiary/aromatic N) is 1. The Bertz CT molecular complexity index is 484. The third-order valence-electron chi connectivity index (χ3n) is 1.86. The molecule has 2 nitrogen and oxygen atoms in total. The van der Waals surface area contributed by atoms with Crippen LogP contribution in [0.25, 0.3) is 0 Å². The third kappa shape index (κ3) is 2.93. The maximum atomic E-state index is 12.8. The molecule has 0 saturated carbocycles. The second kappa shape index (κ2) is 5.12. The van der Waals surface area contributed by atoms with Gasteiger partial charge in [0.1, 0.15) is 10.2 Å². The summed E-state index contributed by atoms with van der Waals surface area (Å²) in [6.45, 7) is 0.576. The largest absolute Gasteiger partial charge is 0.365 e. The van der Waals surface area contributed by atoms with E-state index >= 15 is 0 Å². The fraction of sp³-hybridized carbons (Fsp3) is 0.100. The molecule has 0 fully saturated rings. The number of nitrogens with one attached hydrogen (secondary N) is 1. The summed E-state index contributed by atoms with van der Waals surface area (Å²) in [6, 6.07) is 6.57. The SMILES string of the molecule is Fc1cccc(NCc2cc(Br)c(Cl)s2)n1. The van der Waals surface area contributed by atoms with Crippen LogP contribution in [-0.4, -0.2) is 4.98 Å². The van der Waals surface area contributed by atoms with Gasteiger partial charge in [-0.3, -0.25) is 0 Å². The molecule has 1 N–H and O–H groups in total. The summed E-state index contributed by atoms with van der Waals surface area (Å²) in [7, 11) is 0. The van der Waals surface area contributed by atoms with Crippen molar-refractivity contribution in [2.24, 2.45) is 0 Å². The van der Waals surface area contributed by atoms with Gasteiger partial charge >= 0.3 is 0 Å². The number of aromatic nitrogens is 1. The first-order valence-corrected chi connectivity index (χ1v) is 6.44. The highest BCUT2D eigenvalue weighted by atomic mass is 79.9. The van der Waals surface area contributed by atoms with Gasteiger partial charge in [-0.05, 0) is 34.1 Å². The Kier molecular flexibility index (Phi) is 3.78. The summed E-state index contributed by atoms with van der Waals surface area (Å²) in [5.41, 5.74) is 0. The van der Waals surface area contributed by atoms with Crippen LogP contribution in [0.5, 0.6) is 0 Å². The van der Waals surface area contributed by atoms with E-state index in [1.54, 1.807) is 12.1 Å². The van der Waals surface area contributed by atoms with E-state index in [2.05, 4.69) is 26.2 Å². The molecule has 2 rings (SSSR count). The van der Waals surface area contributed by atoms with Crippen LogP contribution in [0.2, 0.25) is 4.34 Å². The summed E-state index contributed by atoms with van der Waals surface area (Å²) in [5, 5.41) is 3.02. The molecule has 0 amide bonds. The van der Waals surface area contributed by atoms with Gasteiger partial charge in [-0.2, -0.15) is 4.39 Å². The molecule has 0 aromatic carbocycles. The molecule has 0 spiro atoms. The van der Waals surface area contributed by atoms with Crippen molar-refractivity contribution in [1.82, 2.24) is 4.98 Å². The number of hydrogen-bond donors (Lipinski definition) is 1. The van der Waals surface area contributed by atoms with Crippen LogP contribution in [0, 0.1) is 5.95 Å². The monoisotopic (exact) mass is 320 g/mol. The number of rotatable bonds is 3. The number of hydrogen-bond acceptors (Lipinski definition) is 3. The van der Waals surface area contributed by atoms with Crippen LogP contribution >= 0.6 is 38.9 Å². The van der Waals surface area contributed by atoms with E-state index in [1.807, 2.05) is 6.07 Å². The number of thiophene rings is 1. The molecule has 6 heteroatoms. The molecule has 0 aliphatic rings. The van der Waals surface area contributed by atoms with E-state index in [-0.39, 0.29) is 0 Å². The van der Waals surface area contributed by atoms with Gasteiger partial charge in [0, 0.05) is 9.35 Å². The van der Waals surface area contributed by atoms with Crippen LogP contribution < -0.4 is 5.32 Å². The fourth-order valence-corrected chi connectivity index (χ4v) is 2.89. The van der Waals surface area contributed by atoms with Gasteiger partial charge in [0.25, 0.3) is 0 Å². The molecule has 0 saturated heterocycles.